The minimum atomic E-state index is 0.232. The fourth-order valence-corrected chi connectivity index (χ4v) is 3.55. The van der Waals surface area contributed by atoms with Crippen LogP contribution in [0.3, 0.4) is 0 Å². The molecule has 118 valence electrons. The van der Waals surface area contributed by atoms with E-state index < -0.39 is 0 Å². The second-order valence-electron chi connectivity index (χ2n) is 8.37. The second kappa shape index (κ2) is 6.79. The minimum Gasteiger partial charge on any atom is -0.372 e. The maximum Gasteiger partial charge on any atom is 0.0698 e. The molecular formula is C18H35NO. The molecule has 0 atom stereocenters. The van der Waals surface area contributed by atoms with Crippen LogP contribution in [-0.2, 0) is 4.74 Å². The molecule has 1 N–H and O–H groups in total. The lowest BCUT2D eigenvalue weighted by Gasteiger charge is -2.46. The molecule has 2 rings (SSSR count). The molecule has 2 saturated carbocycles. The summed E-state index contributed by atoms with van der Waals surface area (Å²) in [6, 6.07) is 0. The first kappa shape index (κ1) is 16.3. The van der Waals surface area contributed by atoms with Crippen LogP contribution in [0.5, 0.6) is 0 Å². The van der Waals surface area contributed by atoms with Gasteiger partial charge in [-0.3, -0.25) is 0 Å². The molecule has 0 heterocycles. The first-order chi connectivity index (χ1) is 9.41. The van der Waals surface area contributed by atoms with E-state index >= 15 is 0 Å². The summed E-state index contributed by atoms with van der Waals surface area (Å²) in [6.07, 6.45) is 10.9. The molecule has 2 aliphatic rings. The molecule has 0 aromatic carbocycles. The van der Waals surface area contributed by atoms with Crippen LogP contribution in [-0.4, -0.2) is 24.8 Å². The zero-order chi connectivity index (χ0) is 14.6. The van der Waals surface area contributed by atoms with Crippen molar-refractivity contribution in [2.75, 3.05) is 13.1 Å². The molecule has 0 spiro atoms. The van der Waals surface area contributed by atoms with Crippen LogP contribution in [0, 0.1) is 11.3 Å². The highest BCUT2D eigenvalue weighted by atomic mass is 16.5. The van der Waals surface area contributed by atoms with Gasteiger partial charge in [0.15, 0.2) is 0 Å². The summed E-state index contributed by atoms with van der Waals surface area (Å²) in [5, 5.41) is 3.58. The summed E-state index contributed by atoms with van der Waals surface area (Å²) in [6.45, 7) is 11.6. The molecule has 0 radical (unpaired) electrons. The SMILES string of the molecule is CC(C)CNCCC1(OC2CCC(C)(C)CC2)CCC1. The largest absolute Gasteiger partial charge is 0.372 e. The van der Waals surface area contributed by atoms with E-state index in [0.29, 0.717) is 11.5 Å². The number of hydrogen-bond donors (Lipinski definition) is 1. The van der Waals surface area contributed by atoms with E-state index in [1.165, 1.54) is 51.4 Å². The lowest BCUT2D eigenvalue weighted by Crippen LogP contribution is -2.46. The van der Waals surface area contributed by atoms with E-state index in [0.717, 1.165) is 19.0 Å². The Morgan fingerprint density at radius 2 is 1.75 bits per heavy atom. The van der Waals surface area contributed by atoms with Gasteiger partial charge in [0.1, 0.15) is 0 Å². The molecule has 2 heteroatoms. The fraction of sp³-hybridized carbons (Fsp3) is 1.00. The van der Waals surface area contributed by atoms with Crippen LogP contribution in [0.4, 0.5) is 0 Å². The van der Waals surface area contributed by atoms with Gasteiger partial charge in [-0.25, -0.2) is 0 Å². The third kappa shape index (κ3) is 4.73. The highest BCUT2D eigenvalue weighted by molar-refractivity contribution is 4.92. The standard InChI is InChI=1S/C18H35NO/c1-15(2)14-19-13-12-18(8-5-9-18)20-16-6-10-17(3,4)11-7-16/h15-16,19H,5-14H2,1-4H3. The molecule has 2 nitrogen and oxygen atoms in total. The van der Waals surface area contributed by atoms with Crippen LogP contribution >= 0.6 is 0 Å². The highest BCUT2D eigenvalue weighted by Gasteiger charge is 2.40. The topological polar surface area (TPSA) is 21.3 Å². The summed E-state index contributed by atoms with van der Waals surface area (Å²) in [7, 11) is 0. The molecule has 2 aliphatic carbocycles. The average Bonchev–Trinajstić information content (AvgIpc) is 2.33. The number of ether oxygens (including phenoxy) is 1. The maximum absolute atomic E-state index is 6.58. The molecule has 0 unspecified atom stereocenters. The summed E-state index contributed by atoms with van der Waals surface area (Å²) < 4.78 is 6.58. The Balaban J connectivity index is 1.71. The average molecular weight is 281 g/mol. The van der Waals surface area contributed by atoms with Crippen LogP contribution in [0.1, 0.15) is 79.1 Å². The van der Waals surface area contributed by atoms with Crippen LogP contribution in [0.15, 0.2) is 0 Å². The molecule has 0 aromatic rings. The Labute approximate surface area is 126 Å². The first-order valence-corrected chi connectivity index (χ1v) is 8.79. The predicted octanol–water partition coefficient (Wildman–Crippen LogP) is 4.53. The second-order valence-corrected chi connectivity index (χ2v) is 8.37. The van der Waals surface area contributed by atoms with Crippen LogP contribution < -0.4 is 5.32 Å². The third-order valence-electron chi connectivity index (χ3n) is 5.28. The Kier molecular flexibility index (Phi) is 5.53. The quantitative estimate of drug-likeness (QED) is 0.692. The van der Waals surface area contributed by atoms with Gasteiger partial charge in [-0.1, -0.05) is 27.7 Å². The molecule has 0 amide bonds. The van der Waals surface area contributed by atoms with Gasteiger partial charge in [-0.05, 0) is 75.8 Å². The Morgan fingerprint density at radius 1 is 1.10 bits per heavy atom. The molecule has 2 fully saturated rings. The summed E-state index contributed by atoms with van der Waals surface area (Å²) >= 11 is 0. The summed E-state index contributed by atoms with van der Waals surface area (Å²) in [5.41, 5.74) is 0.779. The lowest BCUT2D eigenvalue weighted by atomic mass is 9.74. The Bertz CT molecular complexity index is 284. The van der Waals surface area contributed by atoms with Crippen molar-refractivity contribution in [1.82, 2.24) is 5.32 Å². The van der Waals surface area contributed by atoms with Gasteiger partial charge in [0.2, 0.25) is 0 Å². The lowest BCUT2D eigenvalue weighted by molar-refractivity contribution is -0.156. The number of rotatable bonds is 7. The van der Waals surface area contributed by atoms with E-state index in [2.05, 4.69) is 33.0 Å². The van der Waals surface area contributed by atoms with E-state index in [4.69, 9.17) is 4.74 Å². The van der Waals surface area contributed by atoms with Crippen LogP contribution in [0.2, 0.25) is 0 Å². The van der Waals surface area contributed by atoms with Crippen molar-refractivity contribution in [3.63, 3.8) is 0 Å². The van der Waals surface area contributed by atoms with Crippen molar-refractivity contribution in [2.24, 2.45) is 11.3 Å². The smallest absolute Gasteiger partial charge is 0.0698 e. The molecular weight excluding hydrogens is 246 g/mol. The monoisotopic (exact) mass is 281 g/mol. The van der Waals surface area contributed by atoms with Gasteiger partial charge >= 0.3 is 0 Å². The fourth-order valence-electron chi connectivity index (χ4n) is 3.55. The van der Waals surface area contributed by atoms with Gasteiger partial charge in [0.05, 0.1) is 11.7 Å². The van der Waals surface area contributed by atoms with Gasteiger partial charge in [-0.15, -0.1) is 0 Å². The molecule has 0 bridgehead atoms. The van der Waals surface area contributed by atoms with Gasteiger partial charge in [0.25, 0.3) is 0 Å². The van der Waals surface area contributed by atoms with Crippen molar-refractivity contribution in [2.45, 2.75) is 90.8 Å². The highest BCUT2D eigenvalue weighted by Crippen LogP contribution is 2.43. The maximum atomic E-state index is 6.58. The first-order valence-electron chi connectivity index (χ1n) is 8.79. The predicted molar refractivity (Wildman–Crippen MR) is 86.0 cm³/mol. The van der Waals surface area contributed by atoms with Crippen molar-refractivity contribution >= 4 is 0 Å². The van der Waals surface area contributed by atoms with E-state index in [9.17, 15) is 0 Å². The summed E-state index contributed by atoms with van der Waals surface area (Å²) in [4.78, 5) is 0. The molecule has 0 aromatic heterocycles. The third-order valence-corrected chi connectivity index (χ3v) is 5.28. The normalized spacial score (nSPS) is 25.6. The number of hydrogen-bond acceptors (Lipinski definition) is 2. The van der Waals surface area contributed by atoms with E-state index in [1.54, 1.807) is 0 Å². The zero-order valence-electron chi connectivity index (χ0n) is 14.1. The number of nitrogens with one attached hydrogen (secondary N) is 1. The van der Waals surface area contributed by atoms with Crippen molar-refractivity contribution < 1.29 is 4.74 Å². The van der Waals surface area contributed by atoms with Crippen molar-refractivity contribution in [3.05, 3.63) is 0 Å². The van der Waals surface area contributed by atoms with E-state index in [-0.39, 0.29) is 5.60 Å². The van der Waals surface area contributed by atoms with Gasteiger partial charge in [-0.2, -0.15) is 0 Å². The van der Waals surface area contributed by atoms with Gasteiger partial charge in [0, 0.05) is 0 Å². The summed E-state index contributed by atoms with van der Waals surface area (Å²) in [5.74, 6) is 0.744. The minimum absolute atomic E-state index is 0.232. The molecule has 0 aliphatic heterocycles. The van der Waals surface area contributed by atoms with Gasteiger partial charge < -0.3 is 10.1 Å². The molecule has 20 heavy (non-hydrogen) atoms. The van der Waals surface area contributed by atoms with E-state index in [1.807, 2.05) is 0 Å². The zero-order valence-corrected chi connectivity index (χ0v) is 14.1. The van der Waals surface area contributed by atoms with Crippen molar-refractivity contribution in [1.29, 1.82) is 0 Å². The van der Waals surface area contributed by atoms with Crippen LogP contribution in [0.25, 0.3) is 0 Å². The Hall–Kier alpha value is -0.0800. The van der Waals surface area contributed by atoms with Crippen molar-refractivity contribution in [3.8, 4) is 0 Å². The Morgan fingerprint density at radius 3 is 2.25 bits per heavy atom. The molecule has 0 saturated heterocycles.